The van der Waals surface area contributed by atoms with Crippen LogP contribution in [0.15, 0.2) is 24.3 Å². The van der Waals surface area contributed by atoms with Crippen molar-refractivity contribution < 1.29 is 19.7 Å². The molecule has 2 aromatic rings. The van der Waals surface area contributed by atoms with Gasteiger partial charge in [-0.15, -0.1) is 0 Å². The van der Waals surface area contributed by atoms with Crippen LogP contribution in [0.3, 0.4) is 0 Å². The van der Waals surface area contributed by atoms with Crippen LogP contribution in [-0.4, -0.2) is 22.2 Å². The summed E-state index contributed by atoms with van der Waals surface area (Å²) in [6.07, 6.45) is 0.388. The quantitative estimate of drug-likeness (QED) is 0.263. The molecule has 0 unspecified atom stereocenters. The van der Waals surface area contributed by atoms with Gasteiger partial charge in [0.05, 0.1) is 14.3 Å². The molecule has 25 heavy (non-hydrogen) atoms. The van der Waals surface area contributed by atoms with Gasteiger partial charge in [-0.25, -0.2) is 3.53 Å². The van der Waals surface area contributed by atoms with Crippen LogP contribution in [-0.2, 0) is 11.2 Å². The van der Waals surface area contributed by atoms with Crippen molar-refractivity contribution in [3.8, 4) is 17.2 Å². The van der Waals surface area contributed by atoms with Gasteiger partial charge >= 0.3 is 5.97 Å². The largest absolute Gasteiger partial charge is 0.506 e. The van der Waals surface area contributed by atoms with E-state index in [2.05, 4.69) is 93.9 Å². The van der Waals surface area contributed by atoms with Gasteiger partial charge < -0.3 is 14.9 Å². The van der Waals surface area contributed by atoms with Crippen LogP contribution in [0.5, 0.6) is 17.2 Å². The monoisotopic (exact) mass is 903 g/mol. The summed E-state index contributed by atoms with van der Waals surface area (Å²) in [6, 6.07) is 6.77. The lowest BCUT2D eigenvalue weighted by molar-refractivity contribution is -0.138. The Morgan fingerprint density at radius 3 is 2.00 bits per heavy atom. The summed E-state index contributed by atoms with van der Waals surface area (Å²) in [5, 5.41) is 19.0. The first-order valence-corrected chi connectivity index (χ1v) is 12.0. The second kappa shape index (κ2) is 10.1. The number of carboxylic acid groups (broad SMARTS) is 1. The second-order valence-electron chi connectivity index (χ2n) is 4.93. The molecule has 0 aromatic heterocycles. The molecule has 134 valence electrons. The fraction of sp³-hybridized carbons (Fsp3) is 0.133. The van der Waals surface area contributed by atoms with Gasteiger partial charge in [0.1, 0.15) is 17.5 Å². The first-order valence-electron chi connectivity index (χ1n) is 6.65. The molecule has 0 saturated heterocycles. The lowest BCUT2D eigenvalue weighted by Gasteiger charge is -2.15. The van der Waals surface area contributed by atoms with E-state index in [1.165, 1.54) is 0 Å². The summed E-state index contributed by atoms with van der Waals surface area (Å²) in [7, 11) is 0. The van der Waals surface area contributed by atoms with Crippen LogP contribution >= 0.6 is 113 Å². The number of hydrogen-bond donors (Lipinski definition) is 3. The van der Waals surface area contributed by atoms with Crippen LogP contribution in [0.2, 0.25) is 0 Å². The average Bonchev–Trinajstić information content (AvgIpc) is 2.53. The molecule has 2 rings (SSSR count). The van der Waals surface area contributed by atoms with Crippen molar-refractivity contribution in [1.82, 2.24) is 3.53 Å². The third-order valence-electron chi connectivity index (χ3n) is 3.14. The van der Waals surface area contributed by atoms with E-state index < -0.39 is 12.0 Å². The standard InChI is InChI=1S/C15H10I5NO4/c16-8-4-7(5-9(17)13(8)22)25-14-10(18)1-6(2-11(14)19)3-12(21-20)15(23)24/h1-2,4-5,12,21-22H,3H2,(H,23,24)/t12-/m0/s1. The third kappa shape index (κ3) is 6.05. The lowest BCUT2D eigenvalue weighted by Crippen LogP contribution is -2.32. The Kier molecular flexibility index (Phi) is 9.01. The van der Waals surface area contributed by atoms with Gasteiger partial charge in [-0.3, -0.25) is 4.79 Å². The normalized spacial score (nSPS) is 12.0. The van der Waals surface area contributed by atoms with Crippen molar-refractivity contribution in [2.75, 3.05) is 0 Å². The van der Waals surface area contributed by atoms with Gasteiger partial charge in [0.25, 0.3) is 0 Å². The molecule has 0 aliphatic carbocycles. The zero-order valence-electron chi connectivity index (χ0n) is 12.2. The number of nitrogens with one attached hydrogen (secondary N) is 1. The van der Waals surface area contributed by atoms with Gasteiger partial charge in [-0.05, 0) is 127 Å². The number of rotatable bonds is 6. The number of hydrogen-bond acceptors (Lipinski definition) is 4. The summed E-state index contributed by atoms with van der Waals surface area (Å²) in [6.45, 7) is 0. The van der Waals surface area contributed by atoms with E-state index in [1.807, 2.05) is 35.0 Å². The maximum absolute atomic E-state index is 11.2. The molecule has 0 spiro atoms. The summed E-state index contributed by atoms with van der Waals surface area (Å²) in [5.74, 6) is 0.733. The lowest BCUT2D eigenvalue weighted by atomic mass is 10.1. The fourth-order valence-corrected chi connectivity index (χ4v) is 6.27. The Labute approximate surface area is 213 Å². The number of phenolic OH excluding ortho intramolecular Hbond substituents is 1. The van der Waals surface area contributed by atoms with Gasteiger partial charge in [-0.1, -0.05) is 0 Å². The second-order valence-corrected chi connectivity index (χ2v) is 10.2. The van der Waals surface area contributed by atoms with Crippen molar-refractivity contribution in [2.24, 2.45) is 0 Å². The summed E-state index contributed by atoms with van der Waals surface area (Å²) in [4.78, 5) is 11.2. The van der Waals surface area contributed by atoms with Crippen molar-refractivity contribution >= 4 is 119 Å². The Morgan fingerprint density at radius 1 is 1.04 bits per heavy atom. The van der Waals surface area contributed by atoms with E-state index >= 15 is 0 Å². The number of benzene rings is 2. The van der Waals surface area contributed by atoms with E-state index in [0.717, 1.165) is 25.6 Å². The van der Waals surface area contributed by atoms with E-state index in [9.17, 15) is 15.0 Å². The molecule has 0 heterocycles. The fourth-order valence-electron chi connectivity index (χ4n) is 1.96. The molecule has 0 amide bonds. The molecule has 1 atom stereocenters. The van der Waals surface area contributed by atoms with Gasteiger partial charge in [-0.2, -0.15) is 0 Å². The van der Waals surface area contributed by atoms with Crippen LogP contribution in [0.1, 0.15) is 5.56 Å². The van der Waals surface area contributed by atoms with Crippen LogP contribution in [0.4, 0.5) is 0 Å². The summed E-state index contributed by atoms with van der Waals surface area (Å²) in [5.41, 5.74) is 0.924. The highest BCUT2D eigenvalue weighted by Gasteiger charge is 2.19. The Hall–Kier alpha value is 1.12. The highest BCUT2D eigenvalue weighted by molar-refractivity contribution is 14.1. The molecule has 0 saturated carbocycles. The van der Waals surface area contributed by atoms with Gasteiger partial charge in [0.15, 0.2) is 5.75 Å². The molecule has 3 N–H and O–H groups in total. The van der Waals surface area contributed by atoms with Gasteiger partial charge in [0, 0.05) is 22.9 Å². The molecule has 0 aliphatic heterocycles. The predicted octanol–water partition coefficient (Wildman–Crippen LogP) is 5.54. The van der Waals surface area contributed by atoms with E-state index in [1.54, 1.807) is 12.1 Å². The summed E-state index contributed by atoms with van der Waals surface area (Å²) >= 11 is 10.4. The molecule has 10 heteroatoms. The van der Waals surface area contributed by atoms with E-state index in [-0.39, 0.29) is 5.75 Å². The SMILES string of the molecule is O=C(O)[C@H](Cc1cc(I)c(Oc2cc(I)c(O)c(I)c2)c(I)c1)NI. The Morgan fingerprint density at radius 2 is 1.56 bits per heavy atom. The van der Waals surface area contributed by atoms with Crippen LogP contribution < -0.4 is 8.27 Å². The molecule has 0 fully saturated rings. The molecule has 0 bridgehead atoms. The van der Waals surface area contributed by atoms with Gasteiger partial charge in [0.2, 0.25) is 0 Å². The first kappa shape index (κ1) is 22.4. The third-order valence-corrected chi connectivity index (χ3v) is 7.14. The maximum Gasteiger partial charge on any atom is 0.321 e. The van der Waals surface area contributed by atoms with Crippen molar-refractivity contribution in [3.05, 3.63) is 44.1 Å². The molecule has 0 radical (unpaired) electrons. The minimum absolute atomic E-state index is 0.249. The highest BCUT2D eigenvalue weighted by atomic mass is 127. The van der Waals surface area contributed by atoms with Crippen molar-refractivity contribution in [3.63, 3.8) is 0 Å². The van der Waals surface area contributed by atoms with E-state index in [0.29, 0.717) is 12.2 Å². The number of aromatic hydroxyl groups is 1. The number of halogens is 5. The first-order chi connectivity index (χ1) is 11.7. The average molecular weight is 903 g/mol. The minimum atomic E-state index is -0.881. The van der Waals surface area contributed by atoms with Crippen LogP contribution in [0, 0.1) is 14.3 Å². The Bertz CT molecular complexity index is 768. The topological polar surface area (TPSA) is 78.8 Å². The molecule has 5 nitrogen and oxygen atoms in total. The smallest absolute Gasteiger partial charge is 0.321 e. The zero-order valence-corrected chi connectivity index (χ0v) is 23.0. The molecular formula is C15H10I5NO4. The number of carboxylic acids is 1. The number of phenols is 1. The number of aliphatic carboxylic acids is 1. The predicted molar refractivity (Wildman–Crippen MR) is 138 cm³/mol. The molecular weight excluding hydrogens is 893 g/mol. The van der Waals surface area contributed by atoms with Crippen molar-refractivity contribution in [1.29, 1.82) is 0 Å². The number of carbonyl (C=O) groups is 1. The minimum Gasteiger partial charge on any atom is -0.506 e. The van der Waals surface area contributed by atoms with E-state index in [4.69, 9.17) is 4.74 Å². The highest BCUT2D eigenvalue weighted by Crippen LogP contribution is 2.36. The molecule has 2 aromatic carbocycles. The molecule has 0 aliphatic rings. The maximum atomic E-state index is 11.2. The number of ether oxygens (including phenoxy) is 1. The van der Waals surface area contributed by atoms with Crippen LogP contribution in [0.25, 0.3) is 0 Å². The zero-order chi connectivity index (χ0) is 18.7. The van der Waals surface area contributed by atoms with Crippen molar-refractivity contribution in [2.45, 2.75) is 12.5 Å². The summed E-state index contributed by atoms with van der Waals surface area (Å²) < 4.78 is 12.0. The Balaban J connectivity index is 2.30.